The topological polar surface area (TPSA) is 73.6 Å². The predicted molar refractivity (Wildman–Crippen MR) is 124 cm³/mol. The maximum Gasteiger partial charge on any atom is 0.262 e. The van der Waals surface area contributed by atoms with Crippen LogP contribution < -0.4 is 5.32 Å². The highest BCUT2D eigenvalue weighted by Crippen LogP contribution is 2.20. The number of fused-ring (bicyclic) bond motifs is 1. The molecule has 0 spiro atoms. The molecule has 5 heteroatoms. The smallest absolute Gasteiger partial charge is 0.262 e. The molecule has 2 heterocycles. The maximum atomic E-state index is 12.6. The quantitative estimate of drug-likeness (QED) is 0.354. The van der Waals surface area contributed by atoms with Crippen LogP contribution in [0.1, 0.15) is 22.4 Å². The number of hydrogen-bond donors (Lipinski definition) is 2. The number of aromatic amines is 1. The van der Waals surface area contributed by atoms with Crippen molar-refractivity contribution in [2.24, 2.45) is 0 Å². The van der Waals surface area contributed by atoms with Crippen molar-refractivity contribution in [3.05, 3.63) is 94.9 Å². The molecular weight excluding hydrogens is 384 g/mol. The predicted octanol–water partition coefficient (Wildman–Crippen LogP) is 4.84. The lowest BCUT2D eigenvalue weighted by Gasteiger charge is -2.11. The van der Waals surface area contributed by atoms with Gasteiger partial charge in [-0.2, -0.15) is 5.26 Å². The lowest BCUT2D eigenvalue weighted by Crippen LogP contribution is -2.26. The molecule has 1 amide bonds. The van der Waals surface area contributed by atoms with E-state index in [1.807, 2.05) is 53.4 Å². The van der Waals surface area contributed by atoms with Gasteiger partial charge in [-0.1, -0.05) is 35.9 Å². The van der Waals surface area contributed by atoms with E-state index in [4.69, 9.17) is 0 Å². The van der Waals surface area contributed by atoms with Crippen LogP contribution in [0.25, 0.3) is 22.7 Å². The Labute approximate surface area is 181 Å². The second-order valence-electron chi connectivity index (χ2n) is 7.63. The molecule has 0 atom stereocenters. The van der Waals surface area contributed by atoms with Crippen LogP contribution in [0.4, 0.5) is 0 Å². The molecule has 0 aliphatic carbocycles. The van der Waals surface area contributed by atoms with Crippen LogP contribution in [0.5, 0.6) is 0 Å². The van der Waals surface area contributed by atoms with Crippen molar-refractivity contribution in [2.75, 3.05) is 6.54 Å². The first-order valence-corrected chi connectivity index (χ1v) is 10.3. The van der Waals surface area contributed by atoms with E-state index >= 15 is 0 Å². The van der Waals surface area contributed by atoms with Crippen LogP contribution in [0.2, 0.25) is 0 Å². The van der Waals surface area contributed by atoms with Gasteiger partial charge in [-0.25, -0.2) is 0 Å². The average molecular weight is 409 g/mol. The highest BCUT2D eigenvalue weighted by molar-refractivity contribution is 6.01. The number of carbonyl (C=O) groups is 1. The van der Waals surface area contributed by atoms with Gasteiger partial charge in [0.25, 0.3) is 5.91 Å². The fourth-order valence-electron chi connectivity index (χ4n) is 3.85. The SMILES string of the molecule is Cc1ccc(-n2cccc2/C=C(/C#N)C(=O)NCCc2c[nH]c3ccccc23)c(C)c1. The zero-order valence-corrected chi connectivity index (χ0v) is 17.6. The number of nitrogens with zero attached hydrogens (tertiary/aromatic N) is 2. The second-order valence-corrected chi connectivity index (χ2v) is 7.63. The van der Waals surface area contributed by atoms with E-state index in [0.717, 1.165) is 33.4 Å². The van der Waals surface area contributed by atoms with Gasteiger partial charge in [0, 0.05) is 41.2 Å². The largest absolute Gasteiger partial charge is 0.361 e. The molecule has 4 aromatic rings. The van der Waals surface area contributed by atoms with E-state index in [2.05, 4.69) is 48.4 Å². The highest BCUT2D eigenvalue weighted by Gasteiger charge is 2.12. The van der Waals surface area contributed by atoms with Crippen molar-refractivity contribution in [2.45, 2.75) is 20.3 Å². The second kappa shape index (κ2) is 8.76. The molecule has 0 bridgehead atoms. The summed E-state index contributed by atoms with van der Waals surface area (Å²) in [5, 5.41) is 13.6. The van der Waals surface area contributed by atoms with Gasteiger partial charge in [-0.3, -0.25) is 4.79 Å². The molecular formula is C26H24N4O. The molecule has 154 valence electrons. The summed E-state index contributed by atoms with van der Waals surface area (Å²) in [6.45, 7) is 4.57. The Kier molecular flexibility index (Phi) is 5.72. The number of carbonyl (C=O) groups excluding carboxylic acids is 1. The fourth-order valence-corrected chi connectivity index (χ4v) is 3.85. The third-order valence-electron chi connectivity index (χ3n) is 5.40. The Morgan fingerprint density at radius 2 is 2.00 bits per heavy atom. The van der Waals surface area contributed by atoms with Gasteiger partial charge in [0.2, 0.25) is 0 Å². The first-order valence-electron chi connectivity index (χ1n) is 10.3. The number of aryl methyl sites for hydroxylation is 2. The Morgan fingerprint density at radius 3 is 2.81 bits per heavy atom. The van der Waals surface area contributed by atoms with Gasteiger partial charge in [0.05, 0.1) is 0 Å². The molecule has 0 aliphatic heterocycles. The fraction of sp³-hybridized carbons (Fsp3) is 0.154. The van der Waals surface area contributed by atoms with Gasteiger partial charge in [0.15, 0.2) is 0 Å². The summed E-state index contributed by atoms with van der Waals surface area (Å²) >= 11 is 0. The van der Waals surface area contributed by atoms with E-state index in [9.17, 15) is 10.1 Å². The van der Waals surface area contributed by atoms with Crippen molar-refractivity contribution < 1.29 is 4.79 Å². The molecule has 0 fully saturated rings. The Bertz CT molecular complexity index is 1320. The molecule has 2 aromatic heterocycles. The normalized spacial score (nSPS) is 11.5. The first kappa shape index (κ1) is 20.2. The van der Waals surface area contributed by atoms with Gasteiger partial charge in [0.1, 0.15) is 11.6 Å². The summed E-state index contributed by atoms with van der Waals surface area (Å²) in [5.41, 5.74) is 6.44. The molecule has 2 N–H and O–H groups in total. The van der Waals surface area contributed by atoms with E-state index in [0.29, 0.717) is 13.0 Å². The molecule has 31 heavy (non-hydrogen) atoms. The van der Waals surface area contributed by atoms with Crippen molar-refractivity contribution in [3.8, 4) is 11.8 Å². The van der Waals surface area contributed by atoms with E-state index in [-0.39, 0.29) is 11.5 Å². The highest BCUT2D eigenvalue weighted by atomic mass is 16.1. The van der Waals surface area contributed by atoms with E-state index in [1.54, 1.807) is 6.08 Å². The lowest BCUT2D eigenvalue weighted by molar-refractivity contribution is -0.117. The van der Waals surface area contributed by atoms with Crippen LogP contribution >= 0.6 is 0 Å². The minimum absolute atomic E-state index is 0.0867. The minimum atomic E-state index is -0.365. The molecule has 0 unspecified atom stereocenters. The molecule has 4 rings (SSSR count). The number of hydrogen-bond acceptors (Lipinski definition) is 2. The molecule has 0 saturated carbocycles. The Balaban J connectivity index is 1.48. The molecule has 5 nitrogen and oxygen atoms in total. The minimum Gasteiger partial charge on any atom is -0.361 e. The third-order valence-corrected chi connectivity index (χ3v) is 5.40. The number of benzene rings is 2. The summed E-state index contributed by atoms with van der Waals surface area (Å²) in [7, 11) is 0. The number of para-hydroxylation sites is 1. The number of nitriles is 1. The number of aromatic nitrogens is 2. The van der Waals surface area contributed by atoms with Gasteiger partial charge in [-0.05, 0) is 61.7 Å². The van der Waals surface area contributed by atoms with Crippen LogP contribution in [0, 0.1) is 25.2 Å². The number of nitrogens with one attached hydrogen (secondary N) is 2. The summed E-state index contributed by atoms with van der Waals surface area (Å²) in [4.78, 5) is 15.9. The van der Waals surface area contributed by atoms with Crippen molar-refractivity contribution in [3.63, 3.8) is 0 Å². The Hall–Kier alpha value is -4.04. The van der Waals surface area contributed by atoms with Crippen LogP contribution in [0.15, 0.2) is 72.6 Å². The summed E-state index contributed by atoms with van der Waals surface area (Å²) in [5.74, 6) is -0.365. The summed E-state index contributed by atoms with van der Waals surface area (Å²) < 4.78 is 1.99. The number of amides is 1. The molecule has 0 saturated heterocycles. The lowest BCUT2D eigenvalue weighted by atomic mass is 10.1. The summed E-state index contributed by atoms with van der Waals surface area (Å²) in [6.07, 6.45) is 6.23. The van der Waals surface area contributed by atoms with Gasteiger partial charge >= 0.3 is 0 Å². The van der Waals surface area contributed by atoms with E-state index < -0.39 is 0 Å². The zero-order valence-electron chi connectivity index (χ0n) is 17.6. The van der Waals surface area contributed by atoms with Crippen LogP contribution in [0.3, 0.4) is 0 Å². The number of rotatable bonds is 6. The van der Waals surface area contributed by atoms with Gasteiger partial charge in [-0.15, -0.1) is 0 Å². The van der Waals surface area contributed by atoms with Crippen molar-refractivity contribution in [1.82, 2.24) is 14.9 Å². The third kappa shape index (κ3) is 4.29. The first-order chi connectivity index (χ1) is 15.1. The average Bonchev–Trinajstić information content (AvgIpc) is 3.39. The van der Waals surface area contributed by atoms with Crippen LogP contribution in [-0.2, 0) is 11.2 Å². The molecule has 0 aliphatic rings. The van der Waals surface area contributed by atoms with Crippen LogP contribution in [-0.4, -0.2) is 22.0 Å². The maximum absolute atomic E-state index is 12.6. The zero-order chi connectivity index (χ0) is 21.8. The monoisotopic (exact) mass is 408 g/mol. The van der Waals surface area contributed by atoms with E-state index in [1.165, 1.54) is 5.56 Å². The van der Waals surface area contributed by atoms with Gasteiger partial charge < -0.3 is 14.9 Å². The summed E-state index contributed by atoms with van der Waals surface area (Å²) in [6, 6.07) is 20.2. The van der Waals surface area contributed by atoms with Crippen molar-refractivity contribution >= 4 is 22.9 Å². The number of H-pyrrole nitrogens is 1. The Morgan fingerprint density at radius 1 is 1.16 bits per heavy atom. The standard InChI is InChI=1S/C26H24N4O/c1-18-9-10-25(19(2)14-18)30-13-5-6-22(30)15-21(16-27)26(31)28-12-11-20-17-29-24-8-4-3-7-23(20)24/h3-10,13-15,17,29H,11-12H2,1-2H3,(H,28,31)/b21-15-. The van der Waals surface area contributed by atoms with Crippen molar-refractivity contribution in [1.29, 1.82) is 5.26 Å². The molecule has 0 radical (unpaired) electrons. The molecule has 2 aromatic carbocycles.